The van der Waals surface area contributed by atoms with E-state index in [4.69, 9.17) is 9.47 Å². The third-order valence-electron chi connectivity index (χ3n) is 4.64. The highest BCUT2D eigenvalue weighted by atomic mass is 16.7. The molecule has 2 aliphatic rings. The van der Waals surface area contributed by atoms with Gasteiger partial charge in [0.25, 0.3) is 0 Å². The van der Waals surface area contributed by atoms with Gasteiger partial charge in [-0.15, -0.1) is 0 Å². The van der Waals surface area contributed by atoms with E-state index < -0.39 is 0 Å². The van der Waals surface area contributed by atoms with Gasteiger partial charge in [-0.3, -0.25) is 0 Å². The van der Waals surface area contributed by atoms with Crippen LogP contribution in [0, 0.1) is 5.92 Å². The van der Waals surface area contributed by atoms with E-state index in [1.165, 1.54) is 12.0 Å². The number of fused-ring (bicyclic) bond motifs is 1. The number of para-hydroxylation sites is 1. The first-order valence-electron chi connectivity index (χ1n) is 7.46. The molecule has 0 radical (unpaired) electrons. The summed E-state index contributed by atoms with van der Waals surface area (Å²) in [6.07, 6.45) is 1.20. The Bertz CT molecular complexity index is 478. The Balaban J connectivity index is 1.64. The normalized spacial score (nSPS) is 29.6. The van der Waals surface area contributed by atoms with Crippen molar-refractivity contribution < 1.29 is 9.47 Å². The van der Waals surface area contributed by atoms with Crippen LogP contribution in [0.4, 0.5) is 0 Å². The van der Waals surface area contributed by atoms with Gasteiger partial charge < -0.3 is 19.7 Å². The van der Waals surface area contributed by atoms with Crippen molar-refractivity contribution in [3.63, 3.8) is 0 Å². The lowest BCUT2D eigenvalue weighted by atomic mass is 9.89. The van der Waals surface area contributed by atoms with Gasteiger partial charge in [0, 0.05) is 30.7 Å². The molecule has 20 heavy (non-hydrogen) atoms. The molecule has 1 saturated heterocycles. The van der Waals surface area contributed by atoms with Crippen molar-refractivity contribution in [3.05, 3.63) is 23.8 Å². The molecule has 0 bridgehead atoms. The van der Waals surface area contributed by atoms with E-state index in [0.717, 1.165) is 24.6 Å². The van der Waals surface area contributed by atoms with E-state index in [9.17, 15) is 0 Å². The van der Waals surface area contributed by atoms with Gasteiger partial charge >= 0.3 is 0 Å². The monoisotopic (exact) mass is 276 g/mol. The van der Waals surface area contributed by atoms with Gasteiger partial charge in [0.1, 0.15) is 0 Å². The van der Waals surface area contributed by atoms with E-state index >= 15 is 0 Å². The van der Waals surface area contributed by atoms with Crippen LogP contribution >= 0.6 is 0 Å². The summed E-state index contributed by atoms with van der Waals surface area (Å²) in [5.41, 5.74) is 1.19. The third-order valence-corrected chi connectivity index (χ3v) is 4.64. The number of nitrogens with one attached hydrogen (secondary N) is 1. The maximum Gasteiger partial charge on any atom is 0.231 e. The van der Waals surface area contributed by atoms with Crippen LogP contribution in [0.25, 0.3) is 0 Å². The van der Waals surface area contributed by atoms with Crippen LogP contribution in [0.3, 0.4) is 0 Å². The molecule has 0 saturated carbocycles. The molecule has 3 atom stereocenters. The van der Waals surface area contributed by atoms with Crippen molar-refractivity contribution in [2.75, 3.05) is 20.4 Å². The van der Waals surface area contributed by atoms with Gasteiger partial charge in [0.15, 0.2) is 11.5 Å². The highest BCUT2D eigenvalue weighted by molar-refractivity contribution is 5.48. The highest BCUT2D eigenvalue weighted by Gasteiger charge is 2.28. The molecule has 2 heterocycles. The summed E-state index contributed by atoms with van der Waals surface area (Å²) in [7, 11) is 2.21. The van der Waals surface area contributed by atoms with Gasteiger partial charge in [-0.1, -0.05) is 19.1 Å². The van der Waals surface area contributed by atoms with Crippen molar-refractivity contribution in [3.8, 4) is 11.5 Å². The minimum absolute atomic E-state index is 0.341. The number of likely N-dealkylation sites (tertiary alicyclic amines) is 1. The summed E-state index contributed by atoms with van der Waals surface area (Å²) in [6, 6.07) is 7.32. The van der Waals surface area contributed by atoms with Crippen molar-refractivity contribution in [2.24, 2.45) is 5.92 Å². The molecule has 2 aliphatic heterocycles. The number of nitrogens with zero attached hydrogens (tertiary/aromatic N) is 1. The quantitative estimate of drug-likeness (QED) is 0.918. The van der Waals surface area contributed by atoms with Crippen LogP contribution in [0.1, 0.15) is 25.8 Å². The predicted molar refractivity (Wildman–Crippen MR) is 79.1 cm³/mol. The Morgan fingerprint density at radius 3 is 3.00 bits per heavy atom. The number of hydrogen-bond acceptors (Lipinski definition) is 4. The Morgan fingerprint density at radius 2 is 2.15 bits per heavy atom. The summed E-state index contributed by atoms with van der Waals surface area (Å²) in [5.74, 6) is 2.45. The topological polar surface area (TPSA) is 33.7 Å². The third kappa shape index (κ3) is 2.63. The zero-order valence-corrected chi connectivity index (χ0v) is 12.6. The lowest BCUT2D eigenvalue weighted by Crippen LogP contribution is -2.50. The molecule has 0 aromatic heterocycles. The van der Waals surface area contributed by atoms with E-state index in [2.05, 4.69) is 37.2 Å². The van der Waals surface area contributed by atoms with Crippen molar-refractivity contribution in [2.45, 2.75) is 38.9 Å². The molecule has 1 aromatic carbocycles. The maximum absolute atomic E-state index is 5.56. The molecule has 3 unspecified atom stereocenters. The number of hydrogen-bond donors (Lipinski definition) is 1. The Labute approximate surface area is 121 Å². The van der Waals surface area contributed by atoms with Gasteiger partial charge in [-0.25, -0.2) is 0 Å². The zero-order valence-electron chi connectivity index (χ0n) is 12.6. The molecule has 4 heteroatoms. The van der Waals surface area contributed by atoms with E-state index in [-0.39, 0.29) is 0 Å². The molecule has 0 spiro atoms. The van der Waals surface area contributed by atoms with Gasteiger partial charge in [-0.05, 0) is 32.4 Å². The van der Waals surface area contributed by atoms with Crippen molar-refractivity contribution >= 4 is 0 Å². The van der Waals surface area contributed by atoms with Gasteiger partial charge in [0.2, 0.25) is 6.79 Å². The summed E-state index contributed by atoms with van der Waals surface area (Å²) in [6.45, 7) is 6.98. The molecular weight excluding hydrogens is 252 g/mol. The van der Waals surface area contributed by atoms with Crippen molar-refractivity contribution in [1.82, 2.24) is 10.2 Å². The molecule has 1 N–H and O–H groups in total. The standard InChI is InChI=1S/C16H24N2O2/c1-11-9-18(3)12(2)7-14(11)17-8-13-5-4-6-15-16(13)20-10-19-15/h4-6,11-12,14,17H,7-10H2,1-3H3. The van der Waals surface area contributed by atoms with Gasteiger partial charge in [-0.2, -0.15) is 0 Å². The van der Waals surface area contributed by atoms with E-state index in [1.54, 1.807) is 0 Å². The summed E-state index contributed by atoms with van der Waals surface area (Å²) >= 11 is 0. The number of rotatable bonds is 3. The minimum Gasteiger partial charge on any atom is -0.454 e. The average Bonchev–Trinajstić information content (AvgIpc) is 2.90. The second kappa shape index (κ2) is 5.62. The number of piperidine rings is 1. The molecular formula is C16H24N2O2. The number of benzene rings is 1. The van der Waals surface area contributed by atoms with E-state index in [0.29, 0.717) is 24.8 Å². The zero-order chi connectivity index (χ0) is 14.1. The largest absolute Gasteiger partial charge is 0.454 e. The maximum atomic E-state index is 5.56. The molecule has 1 fully saturated rings. The van der Waals surface area contributed by atoms with Crippen LogP contribution in [0.2, 0.25) is 0 Å². The minimum atomic E-state index is 0.341. The van der Waals surface area contributed by atoms with Crippen LogP contribution in [-0.4, -0.2) is 37.4 Å². The number of ether oxygens (including phenoxy) is 2. The fraction of sp³-hybridized carbons (Fsp3) is 0.625. The van der Waals surface area contributed by atoms with Gasteiger partial charge in [0.05, 0.1) is 0 Å². The van der Waals surface area contributed by atoms with E-state index in [1.807, 2.05) is 12.1 Å². The molecule has 4 nitrogen and oxygen atoms in total. The lowest BCUT2D eigenvalue weighted by Gasteiger charge is -2.40. The summed E-state index contributed by atoms with van der Waals surface area (Å²) in [5, 5.41) is 3.71. The Hall–Kier alpha value is -1.26. The Morgan fingerprint density at radius 1 is 1.30 bits per heavy atom. The van der Waals surface area contributed by atoms with Crippen LogP contribution in [-0.2, 0) is 6.54 Å². The SMILES string of the molecule is CC1CN(C)C(C)CC1NCc1cccc2c1OCO2. The highest BCUT2D eigenvalue weighted by Crippen LogP contribution is 2.35. The fourth-order valence-corrected chi connectivity index (χ4v) is 3.20. The first-order valence-corrected chi connectivity index (χ1v) is 7.46. The van der Waals surface area contributed by atoms with Crippen LogP contribution in [0.5, 0.6) is 11.5 Å². The Kier molecular flexibility index (Phi) is 3.85. The van der Waals surface area contributed by atoms with Crippen LogP contribution in [0.15, 0.2) is 18.2 Å². The first-order chi connectivity index (χ1) is 9.65. The fourth-order valence-electron chi connectivity index (χ4n) is 3.20. The second-order valence-corrected chi connectivity index (χ2v) is 6.14. The molecule has 110 valence electrons. The molecule has 0 aliphatic carbocycles. The smallest absolute Gasteiger partial charge is 0.231 e. The average molecular weight is 276 g/mol. The lowest BCUT2D eigenvalue weighted by molar-refractivity contribution is 0.121. The van der Waals surface area contributed by atoms with Crippen LogP contribution < -0.4 is 14.8 Å². The summed E-state index contributed by atoms with van der Waals surface area (Å²) < 4.78 is 11.0. The molecule has 0 amide bonds. The predicted octanol–water partition coefficient (Wildman–Crippen LogP) is 2.23. The van der Waals surface area contributed by atoms with Crippen molar-refractivity contribution in [1.29, 1.82) is 0 Å². The first kappa shape index (κ1) is 13.7. The molecule has 1 aromatic rings. The summed E-state index contributed by atoms with van der Waals surface area (Å²) in [4.78, 5) is 2.44. The second-order valence-electron chi connectivity index (χ2n) is 6.14. The molecule has 3 rings (SSSR count).